The topological polar surface area (TPSA) is 55.6 Å². The Morgan fingerprint density at radius 1 is 1.45 bits per heavy atom. The van der Waals surface area contributed by atoms with Crippen molar-refractivity contribution < 1.29 is 9.53 Å². The number of benzene rings is 1. The molecule has 1 atom stereocenters. The summed E-state index contributed by atoms with van der Waals surface area (Å²) in [7, 11) is 1.60. The van der Waals surface area contributed by atoms with Crippen LogP contribution in [0.25, 0.3) is 0 Å². The first-order valence-electron chi connectivity index (χ1n) is 6.44. The van der Waals surface area contributed by atoms with Crippen LogP contribution in [0.1, 0.15) is 22.2 Å². The van der Waals surface area contributed by atoms with E-state index < -0.39 is 0 Å². The first-order chi connectivity index (χ1) is 9.60. The molecule has 1 aromatic heterocycles. The van der Waals surface area contributed by atoms with Gasteiger partial charge in [-0.3, -0.25) is 4.79 Å². The highest BCUT2D eigenvalue weighted by molar-refractivity contribution is 7.12. The van der Waals surface area contributed by atoms with Crippen molar-refractivity contribution >= 4 is 28.6 Å². The van der Waals surface area contributed by atoms with E-state index in [9.17, 15) is 4.79 Å². The number of hydrogen-bond acceptors (Lipinski definition) is 4. The fourth-order valence-corrected chi connectivity index (χ4v) is 3.41. The first kappa shape index (κ1) is 13.0. The van der Waals surface area contributed by atoms with Crippen LogP contribution < -0.4 is 15.4 Å². The monoisotopic (exact) mass is 288 g/mol. The number of carbonyl (C=O) groups excluding carboxylic acids is 1. The lowest BCUT2D eigenvalue weighted by Crippen LogP contribution is -2.35. The highest BCUT2D eigenvalue weighted by Gasteiger charge is 2.32. The molecule has 1 unspecified atom stereocenters. The smallest absolute Gasteiger partial charge is 0.268 e. The Bertz CT molecular complexity index is 666. The fourth-order valence-electron chi connectivity index (χ4n) is 2.62. The van der Waals surface area contributed by atoms with Crippen molar-refractivity contribution in [2.75, 3.05) is 17.7 Å². The number of hydrogen-bond donors (Lipinski definition) is 1. The molecule has 1 aliphatic rings. The second-order valence-corrected chi connectivity index (χ2v) is 5.88. The van der Waals surface area contributed by atoms with Crippen LogP contribution in [0.15, 0.2) is 29.6 Å². The number of rotatable bonds is 2. The first-order valence-corrected chi connectivity index (χ1v) is 7.32. The summed E-state index contributed by atoms with van der Waals surface area (Å²) < 4.78 is 5.14. The van der Waals surface area contributed by atoms with E-state index in [4.69, 9.17) is 10.5 Å². The third-order valence-electron chi connectivity index (χ3n) is 3.56. The molecule has 2 N–H and O–H groups in total. The molecule has 104 valence electrons. The molecule has 2 aromatic rings. The summed E-state index contributed by atoms with van der Waals surface area (Å²) in [6.45, 7) is 2.05. The zero-order valence-corrected chi connectivity index (χ0v) is 12.2. The van der Waals surface area contributed by atoms with Gasteiger partial charge in [0.25, 0.3) is 5.91 Å². The Morgan fingerprint density at radius 2 is 2.25 bits per heavy atom. The van der Waals surface area contributed by atoms with E-state index in [1.807, 2.05) is 28.5 Å². The van der Waals surface area contributed by atoms with E-state index in [1.54, 1.807) is 13.2 Å². The molecule has 0 radical (unpaired) electrons. The van der Waals surface area contributed by atoms with E-state index in [1.165, 1.54) is 11.3 Å². The van der Waals surface area contributed by atoms with Gasteiger partial charge in [-0.2, -0.15) is 0 Å². The van der Waals surface area contributed by atoms with Crippen LogP contribution in [0.3, 0.4) is 0 Å². The van der Waals surface area contributed by atoms with Gasteiger partial charge >= 0.3 is 0 Å². The number of fused-ring (bicyclic) bond motifs is 1. The molecule has 0 aliphatic carbocycles. The molecule has 0 saturated carbocycles. The molecule has 4 nitrogen and oxygen atoms in total. The van der Waals surface area contributed by atoms with Gasteiger partial charge in [0.1, 0.15) is 5.75 Å². The summed E-state index contributed by atoms with van der Waals surface area (Å²) >= 11 is 1.41. The van der Waals surface area contributed by atoms with E-state index in [0.717, 1.165) is 29.1 Å². The Hall–Kier alpha value is -2.01. The highest BCUT2D eigenvalue weighted by atomic mass is 32.1. The van der Waals surface area contributed by atoms with Gasteiger partial charge in [0.2, 0.25) is 0 Å². The van der Waals surface area contributed by atoms with Gasteiger partial charge in [-0.05, 0) is 37.1 Å². The van der Waals surface area contributed by atoms with Crippen molar-refractivity contribution in [3.05, 3.63) is 40.1 Å². The third-order valence-corrected chi connectivity index (χ3v) is 4.46. The number of amides is 1. The largest absolute Gasteiger partial charge is 0.496 e. The average Bonchev–Trinajstić information content (AvgIpc) is 3.01. The molecule has 0 saturated heterocycles. The van der Waals surface area contributed by atoms with Gasteiger partial charge in [0, 0.05) is 28.9 Å². The van der Waals surface area contributed by atoms with Crippen molar-refractivity contribution in [2.45, 2.75) is 19.4 Å². The number of carbonyl (C=O) groups is 1. The van der Waals surface area contributed by atoms with Crippen LogP contribution in [0, 0.1) is 0 Å². The van der Waals surface area contributed by atoms with Crippen molar-refractivity contribution in [3.63, 3.8) is 0 Å². The van der Waals surface area contributed by atoms with E-state index in [-0.39, 0.29) is 11.9 Å². The van der Waals surface area contributed by atoms with Gasteiger partial charge in [-0.25, -0.2) is 0 Å². The van der Waals surface area contributed by atoms with Crippen LogP contribution in [0.5, 0.6) is 5.75 Å². The van der Waals surface area contributed by atoms with Crippen molar-refractivity contribution in [2.24, 2.45) is 0 Å². The van der Waals surface area contributed by atoms with Gasteiger partial charge in [0.05, 0.1) is 12.0 Å². The minimum Gasteiger partial charge on any atom is -0.496 e. The molecule has 0 bridgehead atoms. The Kier molecular flexibility index (Phi) is 3.14. The Balaban J connectivity index is 1.96. The van der Waals surface area contributed by atoms with E-state index >= 15 is 0 Å². The molecule has 20 heavy (non-hydrogen) atoms. The highest BCUT2D eigenvalue weighted by Crippen LogP contribution is 2.35. The molecular weight excluding hydrogens is 272 g/mol. The van der Waals surface area contributed by atoms with E-state index in [0.29, 0.717) is 4.88 Å². The predicted octanol–water partition coefficient (Wildman–Crippen LogP) is 2.93. The summed E-state index contributed by atoms with van der Waals surface area (Å²) in [4.78, 5) is 15.2. The lowest BCUT2D eigenvalue weighted by Gasteiger charge is -2.22. The number of methoxy groups -OCH3 is 1. The molecule has 1 aromatic carbocycles. The normalized spacial score (nSPS) is 17.1. The maximum atomic E-state index is 12.7. The van der Waals surface area contributed by atoms with Crippen LogP contribution in [-0.2, 0) is 6.42 Å². The van der Waals surface area contributed by atoms with Gasteiger partial charge in [0.15, 0.2) is 0 Å². The van der Waals surface area contributed by atoms with Crippen molar-refractivity contribution in [1.29, 1.82) is 0 Å². The van der Waals surface area contributed by atoms with Crippen molar-refractivity contribution in [1.82, 2.24) is 0 Å². The van der Waals surface area contributed by atoms with Gasteiger partial charge in [-0.1, -0.05) is 0 Å². The molecule has 3 rings (SSSR count). The summed E-state index contributed by atoms with van der Waals surface area (Å²) in [5.41, 5.74) is 8.65. The maximum Gasteiger partial charge on any atom is 0.268 e. The molecule has 2 heterocycles. The lowest BCUT2D eigenvalue weighted by molar-refractivity contribution is 0.0985. The zero-order chi connectivity index (χ0) is 14.3. The number of nitrogens with zero attached hydrogens (tertiary/aromatic N) is 1. The SMILES string of the molecule is COc1csc(C(=O)N2c3ccc(N)cc3CC2C)c1. The third kappa shape index (κ3) is 2.04. The van der Waals surface area contributed by atoms with Gasteiger partial charge < -0.3 is 15.4 Å². The molecule has 0 spiro atoms. The lowest BCUT2D eigenvalue weighted by atomic mass is 10.1. The summed E-state index contributed by atoms with van der Waals surface area (Å²) in [5.74, 6) is 0.747. The maximum absolute atomic E-state index is 12.7. The average molecular weight is 288 g/mol. The zero-order valence-electron chi connectivity index (χ0n) is 11.4. The second-order valence-electron chi connectivity index (χ2n) is 4.97. The standard InChI is InChI=1S/C15H16N2O2S/c1-9-5-10-6-11(16)3-4-13(10)17(9)15(18)14-7-12(19-2)8-20-14/h3-4,6-9H,5,16H2,1-2H3. The molecular formula is C15H16N2O2S. The quantitative estimate of drug-likeness (QED) is 0.864. The molecule has 1 aliphatic heterocycles. The second kappa shape index (κ2) is 4.83. The van der Waals surface area contributed by atoms with Crippen LogP contribution in [0.4, 0.5) is 11.4 Å². The van der Waals surface area contributed by atoms with E-state index in [2.05, 4.69) is 6.92 Å². The molecule has 0 fully saturated rings. The number of nitrogens with two attached hydrogens (primary N) is 1. The molecule has 5 heteroatoms. The minimum atomic E-state index is 0.0225. The Labute approximate surface area is 121 Å². The summed E-state index contributed by atoms with van der Waals surface area (Å²) in [6.07, 6.45) is 0.842. The summed E-state index contributed by atoms with van der Waals surface area (Å²) in [5, 5.41) is 1.85. The van der Waals surface area contributed by atoms with Gasteiger partial charge in [-0.15, -0.1) is 11.3 Å². The van der Waals surface area contributed by atoms with Crippen LogP contribution >= 0.6 is 11.3 Å². The van der Waals surface area contributed by atoms with Crippen molar-refractivity contribution in [3.8, 4) is 5.75 Å². The number of anilines is 2. The van der Waals surface area contributed by atoms with Crippen LogP contribution in [0.2, 0.25) is 0 Å². The number of thiophene rings is 1. The van der Waals surface area contributed by atoms with Crippen LogP contribution in [-0.4, -0.2) is 19.1 Å². The predicted molar refractivity (Wildman–Crippen MR) is 81.7 cm³/mol. The number of ether oxygens (including phenoxy) is 1. The summed E-state index contributed by atoms with van der Waals surface area (Å²) in [6, 6.07) is 7.65. The fraction of sp³-hybridized carbons (Fsp3) is 0.267. The molecule has 1 amide bonds. The minimum absolute atomic E-state index is 0.0225. The Morgan fingerprint density at radius 3 is 2.95 bits per heavy atom. The number of nitrogen functional groups attached to an aromatic ring is 1.